The number of phenols is 1. The molecule has 3 rings (SSSR count). The maximum absolute atomic E-state index is 11.4. The molecule has 0 bridgehead atoms. The van der Waals surface area contributed by atoms with Gasteiger partial charge in [-0.05, 0) is 30.3 Å². The first-order valence-electron chi connectivity index (χ1n) is 6.64. The molecule has 0 saturated carbocycles. The number of phenolic OH excluding ortho intramolecular Hbond substituents is 1. The van der Waals surface area contributed by atoms with E-state index >= 15 is 0 Å². The summed E-state index contributed by atoms with van der Waals surface area (Å²) in [5, 5.41) is 18.4. The van der Waals surface area contributed by atoms with E-state index in [0.717, 1.165) is 0 Å². The molecule has 24 heavy (non-hydrogen) atoms. The molecule has 0 aliphatic rings. The van der Waals surface area contributed by atoms with Gasteiger partial charge in [-0.25, -0.2) is 8.42 Å². The Morgan fingerprint density at radius 3 is 2.25 bits per heavy atom. The number of benzene rings is 3. The summed E-state index contributed by atoms with van der Waals surface area (Å²) in [6, 6.07) is 15.8. The van der Waals surface area contributed by atoms with Gasteiger partial charge >= 0.3 is 29.6 Å². The number of azo groups is 1. The summed E-state index contributed by atoms with van der Waals surface area (Å²) in [7, 11) is -4.66. The molecule has 0 amide bonds. The molecule has 0 atom stereocenters. The molecule has 3 aromatic carbocycles. The van der Waals surface area contributed by atoms with E-state index in [0.29, 0.717) is 5.69 Å². The fraction of sp³-hybridized carbons (Fsp3) is 0. The van der Waals surface area contributed by atoms with Crippen LogP contribution in [-0.2, 0) is 10.1 Å². The smallest absolute Gasteiger partial charge is 0.744 e. The molecule has 3 aromatic rings. The van der Waals surface area contributed by atoms with Crippen molar-refractivity contribution in [3.05, 3.63) is 60.7 Å². The molecule has 1 N–H and O–H groups in total. The molecular formula is C16H11N2NaO4S. The van der Waals surface area contributed by atoms with Crippen molar-refractivity contribution >= 4 is 32.3 Å². The van der Waals surface area contributed by atoms with Gasteiger partial charge in [0.15, 0.2) is 0 Å². The van der Waals surface area contributed by atoms with Crippen LogP contribution in [0.15, 0.2) is 75.8 Å². The Bertz CT molecular complexity index is 1010. The maximum Gasteiger partial charge on any atom is 1.00 e. The topological polar surface area (TPSA) is 102 Å². The average molecular weight is 350 g/mol. The van der Waals surface area contributed by atoms with Crippen LogP contribution in [0.5, 0.6) is 5.75 Å². The fourth-order valence-corrected chi connectivity index (χ4v) is 2.92. The van der Waals surface area contributed by atoms with E-state index in [2.05, 4.69) is 10.2 Å². The Labute approximate surface area is 160 Å². The van der Waals surface area contributed by atoms with Crippen molar-refractivity contribution in [2.45, 2.75) is 4.90 Å². The average Bonchev–Trinajstić information content (AvgIpc) is 2.52. The van der Waals surface area contributed by atoms with Crippen LogP contribution in [0.2, 0.25) is 0 Å². The third-order valence-electron chi connectivity index (χ3n) is 3.26. The summed E-state index contributed by atoms with van der Waals surface area (Å²) in [5.74, 6) is -0.171. The number of hydrogen-bond acceptors (Lipinski definition) is 6. The minimum atomic E-state index is -4.66. The third kappa shape index (κ3) is 3.82. The van der Waals surface area contributed by atoms with E-state index < -0.39 is 15.0 Å². The maximum atomic E-state index is 11.4. The summed E-state index contributed by atoms with van der Waals surface area (Å²) < 4.78 is 34.1. The van der Waals surface area contributed by atoms with Gasteiger partial charge in [-0.3, -0.25) is 0 Å². The van der Waals surface area contributed by atoms with Crippen molar-refractivity contribution in [3.63, 3.8) is 0 Å². The zero-order valence-electron chi connectivity index (χ0n) is 12.7. The molecule has 0 radical (unpaired) electrons. The van der Waals surface area contributed by atoms with Gasteiger partial charge < -0.3 is 9.66 Å². The second-order valence-corrected chi connectivity index (χ2v) is 6.12. The molecule has 8 heteroatoms. The van der Waals surface area contributed by atoms with Crippen LogP contribution in [-0.4, -0.2) is 18.1 Å². The van der Waals surface area contributed by atoms with Crippen molar-refractivity contribution in [1.82, 2.24) is 0 Å². The normalized spacial score (nSPS) is 11.5. The molecule has 0 unspecified atom stereocenters. The van der Waals surface area contributed by atoms with Crippen LogP contribution in [0, 0.1) is 0 Å². The number of fused-ring (bicyclic) bond motifs is 1. The van der Waals surface area contributed by atoms with Crippen molar-refractivity contribution in [2.24, 2.45) is 10.2 Å². The van der Waals surface area contributed by atoms with E-state index in [9.17, 15) is 18.1 Å². The monoisotopic (exact) mass is 350 g/mol. The van der Waals surface area contributed by atoms with Gasteiger partial charge in [0, 0.05) is 5.39 Å². The minimum Gasteiger partial charge on any atom is -0.744 e. The van der Waals surface area contributed by atoms with Crippen molar-refractivity contribution < 1.29 is 47.6 Å². The zero-order valence-corrected chi connectivity index (χ0v) is 15.6. The van der Waals surface area contributed by atoms with E-state index in [1.807, 2.05) is 6.07 Å². The number of hydrogen-bond donors (Lipinski definition) is 1. The molecule has 0 heterocycles. The number of rotatable bonds is 3. The molecular weight excluding hydrogens is 339 g/mol. The van der Waals surface area contributed by atoms with Crippen LogP contribution >= 0.6 is 0 Å². The summed E-state index contributed by atoms with van der Waals surface area (Å²) >= 11 is 0. The van der Waals surface area contributed by atoms with Gasteiger partial charge in [-0.1, -0.05) is 30.3 Å². The Kier molecular flexibility index (Phi) is 5.74. The van der Waals surface area contributed by atoms with Crippen LogP contribution in [0.25, 0.3) is 10.8 Å². The largest absolute Gasteiger partial charge is 1.00 e. The number of aromatic hydroxyl groups is 1. The van der Waals surface area contributed by atoms with Crippen LogP contribution in [0.4, 0.5) is 11.4 Å². The first-order chi connectivity index (χ1) is 11.0. The van der Waals surface area contributed by atoms with Gasteiger partial charge in [0.1, 0.15) is 15.9 Å². The quantitative estimate of drug-likeness (QED) is 0.430. The summed E-state index contributed by atoms with van der Waals surface area (Å²) in [6.07, 6.45) is 0. The Balaban J connectivity index is 0.00000208. The fourth-order valence-electron chi connectivity index (χ4n) is 2.25. The van der Waals surface area contributed by atoms with Gasteiger partial charge in [-0.15, -0.1) is 5.11 Å². The molecule has 0 spiro atoms. The zero-order chi connectivity index (χ0) is 16.4. The Hall–Kier alpha value is -1.77. The molecule has 0 saturated heterocycles. The standard InChI is InChI=1S/C16H12N2O4S.Na/c19-14-8-4-7-12-15(23(20,21)22)10-9-13(16(12)14)18-17-11-5-2-1-3-6-11;/h1-10,19H,(H,20,21,22);/q;+1/p-1. The van der Waals surface area contributed by atoms with Crippen LogP contribution in [0.1, 0.15) is 0 Å². The van der Waals surface area contributed by atoms with Crippen molar-refractivity contribution in [2.75, 3.05) is 0 Å². The third-order valence-corrected chi connectivity index (χ3v) is 4.15. The SMILES string of the molecule is O=S(=O)([O-])c1ccc(N=Nc2ccccc2)c2c(O)cccc12.[Na+]. The van der Waals surface area contributed by atoms with Crippen LogP contribution < -0.4 is 29.6 Å². The molecule has 0 aliphatic heterocycles. The van der Waals surface area contributed by atoms with Gasteiger partial charge in [0.25, 0.3) is 0 Å². The number of nitrogens with zero attached hydrogens (tertiary/aromatic N) is 2. The Morgan fingerprint density at radius 2 is 1.58 bits per heavy atom. The molecule has 6 nitrogen and oxygen atoms in total. The Morgan fingerprint density at radius 1 is 0.875 bits per heavy atom. The van der Waals surface area contributed by atoms with Gasteiger partial charge in [-0.2, -0.15) is 5.11 Å². The predicted molar refractivity (Wildman–Crippen MR) is 84.2 cm³/mol. The first-order valence-corrected chi connectivity index (χ1v) is 8.05. The van der Waals surface area contributed by atoms with E-state index in [1.165, 1.54) is 30.3 Å². The van der Waals surface area contributed by atoms with E-state index in [-0.39, 0.29) is 51.8 Å². The second-order valence-electron chi connectivity index (χ2n) is 4.77. The predicted octanol–water partition coefficient (Wildman–Crippen LogP) is 0.869. The second kappa shape index (κ2) is 7.42. The minimum absolute atomic E-state index is 0. The van der Waals surface area contributed by atoms with Gasteiger partial charge in [0.05, 0.1) is 21.7 Å². The van der Waals surface area contributed by atoms with E-state index in [1.54, 1.807) is 24.3 Å². The summed E-state index contributed by atoms with van der Waals surface area (Å²) in [6.45, 7) is 0. The van der Waals surface area contributed by atoms with Crippen LogP contribution in [0.3, 0.4) is 0 Å². The molecule has 0 aromatic heterocycles. The van der Waals surface area contributed by atoms with E-state index in [4.69, 9.17) is 0 Å². The summed E-state index contributed by atoms with van der Waals surface area (Å²) in [4.78, 5) is -0.401. The summed E-state index contributed by atoms with van der Waals surface area (Å²) in [5.41, 5.74) is 0.881. The van der Waals surface area contributed by atoms with Crippen molar-refractivity contribution in [3.8, 4) is 5.75 Å². The van der Waals surface area contributed by atoms with Crippen molar-refractivity contribution in [1.29, 1.82) is 0 Å². The van der Waals surface area contributed by atoms with Gasteiger partial charge in [0.2, 0.25) is 0 Å². The molecule has 116 valence electrons. The first kappa shape index (κ1) is 18.6. The molecule has 0 fully saturated rings. The molecule has 0 aliphatic carbocycles.